The second-order valence-electron chi connectivity index (χ2n) is 12.2. The van der Waals surface area contributed by atoms with Crippen molar-refractivity contribution in [1.29, 1.82) is 0 Å². The van der Waals surface area contributed by atoms with Crippen LogP contribution in [0.25, 0.3) is 0 Å². The second-order valence-corrected chi connectivity index (χ2v) is 12.2. The van der Waals surface area contributed by atoms with Crippen molar-refractivity contribution in [2.24, 2.45) is 0 Å². The Morgan fingerprint density at radius 1 is 0.946 bits per heavy atom. The molecule has 1 spiro atoms. The van der Waals surface area contributed by atoms with Crippen molar-refractivity contribution in [2.45, 2.75) is 127 Å². The molecule has 0 radical (unpaired) electrons. The smallest absolute Gasteiger partial charge is 0.413 e. The van der Waals surface area contributed by atoms with Crippen LogP contribution in [0, 0.1) is 0 Å². The summed E-state index contributed by atoms with van der Waals surface area (Å²) < 4.78 is 22.6. The molecule has 2 aliphatic heterocycles. The Balaban J connectivity index is 2.09. The molecule has 3 rings (SSSR count). The van der Waals surface area contributed by atoms with Crippen LogP contribution in [0.15, 0.2) is 0 Å². The molecular formula is C26H42N2O9. The van der Waals surface area contributed by atoms with Crippen LogP contribution >= 0.6 is 0 Å². The van der Waals surface area contributed by atoms with Crippen LogP contribution in [0.1, 0.15) is 86.5 Å². The van der Waals surface area contributed by atoms with Gasteiger partial charge >= 0.3 is 18.2 Å². The van der Waals surface area contributed by atoms with Crippen LogP contribution in [-0.2, 0) is 28.5 Å². The van der Waals surface area contributed by atoms with Crippen LogP contribution in [0.4, 0.5) is 9.59 Å². The number of likely N-dealkylation sites (tertiary alicyclic amines) is 1. The Bertz CT molecular complexity index is 887. The number of aldehydes is 1. The average molecular weight is 527 g/mol. The van der Waals surface area contributed by atoms with E-state index in [1.807, 2.05) is 0 Å². The number of hydrogen-bond acceptors (Lipinski definition) is 9. The average Bonchev–Trinajstić information content (AvgIpc) is 3.36. The van der Waals surface area contributed by atoms with Gasteiger partial charge in [-0.05, 0) is 80.1 Å². The van der Waals surface area contributed by atoms with Crippen LogP contribution < -0.4 is 0 Å². The molecule has 37 heavy (non-hydrogen) atoms. The molecule has 0 aromatic heterocycles. The zero-order chi connectivity index (χ0) is 27.8. The van der Waals surface area contributed by atoms with Gasteiger partial charge in [-0.1, -0.05) is 6.42 Å². The minimum atomic E-state index is -1.98. The number of ether oxygens (including phenoxy) is 4. The molecule has 2 amide bonds. The lowest BCUT2D eigenvalue weighted by molar-refractivity contribution is -0.166. The fraction of sp³-hybridized carbons (Fsp3) is 0.846. The maximum atomic E-state index is 13.6. The standard InChI is InChI=1S/C26H42N2O9/c1-23(2,3)36-21(32)27-17(15-29)11-14-26(27,20(31)34-7)19(30)18-16-35-25(12-9-8-10-13-25)28(18)22(33)37-24(4,5)6/h15,17-19,30H,8-14,16H2,1-7H3/t17-,18+,19+,26-/m1/s1. The second kappa shape index (κ2) is 10.4. The lowest BCUT2D eigenvalue weighted by Crippen LogP contribution is -2.69. The number of rotatable bonds is 4. The first-order chi connectivity index (χ1) is 17.1. The molecule has 2 heterocycles. The molecule has 1 aliphatic carbocycles. The van der Waals surface area contributed by atoms with E-state index in [9.17, 15) is 24.3 Å². The zero-order valence-corrected chi connectivity index (χ0v) is 23.1. The van der Waals surface area contributed by atoms with E-state index in [0.29, 0.717) is 19.1 Å². The lowest BCUT2D eigenvalue weighted by atomic mass is 9.83. The summed E-state index contributed by atoms with van der Waals surface area (Å²) in [4.78, 5) is 54.8. The molecule has 3 aliphatic rings. The van der Waals surface area contributed by atoms with Gasteiger partial charge in [-0.25, -0.2) is 14.4 Å². The molecule has 0 unspecified atom stereocenters. The van der Waals surface area contributed by atoms with Crippen molar-refractivity contribution >= 4 is 24.4 Å². The quantitative estimate of drug-likeness (QED) is 0.333. The van der Waals surface area contributed by atoms with Crippen molar-refractivity contribution in [3.8, 4) is 0 Å². The number of carbonyl (C=O) groups excluding carboxylic acids is 4. The third-order valence-corrected chi connectivity index (χ3v) is 7.24. The Morgan fingerprint density at radius 3 is 1.97 bits per heavy atom. The highest BCUT2D eigenvalue weighted by Crippen LogP contribution is 2.46. The Hall–Kier alpha value is -2.40. The Morgan fingerprint density at radius 2 is 1.49 bits per heavy atom. The van der Waals surface area contributed by atoms with Gasteiger partial charge in [-0.2, -0.15) is 0 Å². The summed E-state index contributed by atoms with van der Waals surface area (Å²) in [6.07, 6.45) is 1.08. The minimum Gasteiger partial charge on any atom is -0.467 e. The molecule has 3 fully saturated rings. The molecule has 0 aromatic carbocycles. The number of hydrogen-bond donors (Lipinski definition) is 1. The van der Waals surface area contributed by atoms with Gasteiger partial charge in [0.05, 0.1) is 25.8 Å². The van der Waals surface area contributed by atoms with Crippen molar-refractivity contribution in [1.82, 2.24) is 9.80 Å². The van der Waals surface area contributed by atoms with Crippen LogP contribution in [0.3, 0.4) is 0 Å². The summed E-state index contributed by atoms with van der Waals surface area (Å²) in [7, 11) is 1.15. The molecule has 4 atom stereocenters. The Kier molecular flexibility index (Phi) is 8.20. The van der Waals surface area contributed by atoms with Gasteiger partial charge in [0.2, 0.25) is 0 Å². The fourth-order valence-corrected chi connectivity index (χ4v) is 5.78. The van der Waals surface area contributed by atoms with Crippen molar-refractivity contribution in [3.05, 3.63) is 0 Å². The Labute approximate surface area is 218 Å². The van der Waals surface area contributed by atoms with E-state index in [1.54, 1.807) is 41.5 Å². The van der Waals surface area contributed by atoms with E-state index in [-0.39, 0.29) is 19.4 Å². The maximum absolute atomic E-state index is 13.6. The molecule has 0 bridgehead atoms. The van der Waals surface area contributed by atoms with Gasteiger partial charge in [-0.15, -0.1) is 0 Å². The topological polar surface area (TPSA) is 132 Å². The van der Waals surface area contributed by atoms with Gasteiger partial charge < -0.3 is 28.8 Å². The van der Waals surface area contributed by atoms with Crippen molar-refractivity contribution in [3.63, 3.8) is 0 Å². The van der Waals surface area contributed by atoms with Crippen LogP contribution in [0.2, 0.25) is 0 Å². The van der Waals surface area contributed by atoms with E-state index < -0.39 is 58.8 Å². The first-order valence-electron chi connectivity index (χ1n) is 13.0. The summed E-state index contributed by atoms with van der Waals surface area (Å²) in [5, 5.41) is 12.0. The summed E-state index contributed by atoms with van der Waals surface area (Å²) >= 11 is 0. The van der Waals surface area contributed by atoms with E-state index >= 15 is 0 Å². The molecule has 1 saturated carbocycles. The number of methoxy groups -OCH3 is 1. The molecule has 0 aromatic rings. The highest BCUT2D eigenvalue weighted by atomic mass is 16.6. The highest BCUT2D eigenvalue weighted by Gasteiger charge is 2.66. The minimum absolute atomic E-state index is 0.0604. The third kappa shape index (κ3) is 5.57. The number of aliphatic hydroxyl groups is 1. The van der Waals surface area contributed by atoms with E-state index in [4.69, 9.17) is 18.9 Å². The SMILES string of the molecule is COC(=O)[C@]1([C@@H](O)[C@@H]2COC3(CCCCC3)N2C(=O)OC(C)(C)C)CC[C@H](C=O)N1C(=O)OC(C)(C)C. The van der Waals surface area contributed by atoms with Crippen molar-refractivity contribution in [2.75, 3.05) is 13.7 Å². The molecule has 1 N–H and O–H groups in total. The zero-order valence-electron chi connectivity index (χ0n) is 23.1. The summed E-state index contributed by atoms with van der Waals surface area (Å²) in [6.45, 7) is 10.1. The predicted molar refractivity (Wildman–Crippen MR) is 132 cm³/mol. The van der Waals surface area contributed by atoms with Crippen LogP contribution in [0.5, 0.6) is 0 Å². The number of amides is 2. The van der Waals surface area contributed by atoms with E-state index in [1.165, 1.54) is 4.90 Å². The largest absolute Gasteiger partial charge is 0.467 e. The number of aliphatic hydroxyl groups excluding tert-OH is 1. The van der Waals surface area contributed by atoms with Gasteiger partial charge in [0.25, 0.3) is 0 Å². The molecule has 2 saturated heterocycles. The lowest BCUT2D eigenvalue weighted by Gasteiger charge is -2.46. The van der Waals surface area contributed by atoms with Crippen LogP contribution in [-0.4, -0.2) is 93.7 Å². The monoisotopic (exact) mass is 526 g/mol. The molecule has 11 nitrogen and oxygen atoms in total. The highest BCUT2D eigenvalue weighted by molar-refractivity contribution is 5.90. The van der Waals surface area contributed by atoms with Gasteiger partial charge in [0.1, 0.15) is 29.3 Å². The maximum Gasteiger partial charge on any atom is 0.413 e. The summed E-state index contributed by atoms with van der Waals surface area (Å²) in [6, 6.07) is -2.06. The van der Waals surface area contributed by atoms with E-state index in [2.05, 4.69) is 0 Å². The molecule has 11 heteroatoms. The number of esters is 1. The summed E-state index contributed by atoms with van der Waals surface area (Å²) in [5.74, 6) is -0.899. The van der Waals surface area contributed by atoms with Gasteiger partial charge in [0.15, 0.2) is 5.54 Å². The fourth-order valence-electron chi connectivity index (χ4n) is 5.78. The van der Waals surface area contributed by atoms with Gasteiger partial charge in [0, 0.05) is 0 Å². The first-order valence-corrected chi connectivity index (χ1v) is 13.0. The number of carbonyl (C=O) groups is 4. The summed E-state index contributed by atoms with van der Waals surface area (Å²) in [5.41, 5.74) is -4.71. The third-order valence-electron chi connectivity index (χ3n) is 7.24. The van der Waals surface area contributed by atoms with Gasteiger partial charge in [-0.3, -0.25) is 9.80 Å². The van der Waals surface area contributed by atoms with Crippen molar-refractivity contribution < 1.29 is 43.2 Å². The number of nitrogens with zero attached hydrogens (tertiary/aromatic N) is 2. The van der Waals surface area contributed by atoms with E-state index in [0.717, 1.165) is 31.3 Å². The first kappa shape index (κ1) is 29.2. The predicted octanol–water partition coefficient (Wildman–Crippen LogP) is 3.15. The normalized spacial score (nSPS) is 28.6. The molecular weight excluding hydrogens is 484 g/mol. The molecule has 210 valence electrons.